The highest BCUT2D eigenvalue weighted by atomic mass is 16.5. The van der Waals surface area contributed by atoms with Crippen LogP contribution in [0, 0.1) is 0 Å². The zero-order chi connectivity index (χ0) is 11.7. The lowest BCUT2D eigenvalue weighted by molar-refractivity contribution is -0.112. The molecule has 4 heteroatoms. The third-order valence-corrected chi connectivity index (χ3v) is 4.64. The second-order valence-electron chi connectivity index (χ2n) is 5.88. The third-order valence-electron chi connectivity index (χ3n) is 4.64. The third kappa shape index (κ3) is 2.50. The number of hydrogen-bond donors (Lipinski definition) is 2. The summed E-state index contributed by atoms with van der Waals surface area (Å²) in [6.45, 7) is 5.22. The molecule has 2 atom stereocenters. The molecule has 17 heavy (non-hydrogen) atoms. The largest absolute Gasteiger partial charge is 0.393 e. The molecule has 0 unspecified atom stereocenters. The van der Waals surface area contributed by atoms with E-state index < -0.39 is 0 Å². The number of piperidine rings is 1. The van der Waals surface area contributed by atoms with Crippen LogP contribution in [0.2, 0.25) is 0 Å². The van der Waals surface area contributed by atoms with Gasteiger partial charge in [-0.1, -0.05) is 0 Å². The Bertz CT molecular complexity index is 268. The molecule has 2 N–H and O–H groups in total. The smallest absolute Gasteiger partial charge is 0.0845 e. The predicted molar refractivity (Wildman–Crippen MR) is 66.0 cm³/mol. The van der Waals surface area contributed by atoms with Gasteiger partial charge in [-0.25, -0.2) is 0 Å². The number of aliphatic hydroxyl groups excluding tert-OH is 1. The molecule has 0 aromatic heterocycles. The Morgan fingerprint density at radius 2 is 2.06 bits per heavy atom. The summed E-state index contributed by atoms with van der Waals surface area (Å²) < 4.78 is 6.00. The number of likely N-dealkylation sites (tertiary alicyclic amines) is 1. The Labute approximate surface area is 103 Å². The van der Waals surface area contributed by atoms with E-state index in [1.807, 2.05) is 0 Å². The molecule has 3 heterocycles. The van der Waals surface area contributed by atoms with Crippen LogP contribution in [-0.4, -0.2) is 60.5 Å². The fourth-order valence-electron chi connectivity index (χ4n) is 3.65. The zero-order valence-corrected chi connectivity index (χ0v) is 10.5. The first-order chi connectivity index (χ1) is 8.27. The van der Waals surface area contributed by atoms with Crippen LogP contribution in [0.5, 0.6) is 0 Å². The first-order valence-electron chi connectivity index (χ1n) is 7.04. The van der Waals surface area contributed by atoms with Gasteiger partial charge >= 0.3 is 0 Å². The monoisotopic (exact) mass is 240 g/mol. The van der Waals surface area contributed by atoms with E-state index in [-0.39, 0.29) is 11.7 Å². The molecule has 98 valence electrons. The molecule has 3 saturated heterocycles. The number of nitrogens with zero attached hydrogens (tertiary/aromatic N) is 1. The van der Waals surface area contributed by atoms with Crippen molar-refractivity contribution >= 4 is 0 Å². The zero-order valence-electron chi connectivity index (χ0n) is 10.5. The number of hydrogen-bond acceptors (Lipinski definition) is 4. The van der Waals surface area contributed by atoms with Crippen LogP contribution < -0.4 is 5.32 Å². The molecule has 3 aliphatic rings. The molecule has 0 saturated carbocycles. The van der Waals surface area contributed by atoms with E-state index >= 15 is 0 Å². The maximum atomic E-state index is 9.82. The van der Waals surface area contributed by atoms with Gasteiger partial charge in [-0.3, -0.25) is 4.90 Å². The Balaban J connectivity index is 1.60. The van der Waals surface area contributed by atoms with Gasteiger partial charge in [0.1, 0.15) is 0 Å². The van der Waals surface area contributed by atoms with E-state index in [4.69, 9.17) is 4.74 Å². The Kier molecular flexibility index (Phi) is 3.39. The normalized spacial score (nSPS) is 41.1. The molecule has 3 fully saturated rings. The van der Waals surface area contributed by atoms with Crippen LogP contribution in [-0.2, 0) is 4.74 Å². The average Bonchev–Trinajstić information content (AvgIpc) is 2.74. The number of nitrogens with one attached hydrogen (secondary N) is 1. The SMILES string of the molecule is O[C@@H]1CCO[C@]2(CCN(C3CCNCC3)C2)C1. The summed E-state index contributed by atoms with van der Waals surface area (Å²) in [6.07, 6.45) is 5.14. The maximum Gasteiger partial charge on any atom is 0.0845 e. The first kappa shape index (κ1) is 11.9. The molecule has 0 radical (unpaired) electrons. The van der Waals surface area contributed by atoms with E-state index in [2.05, 4.69) is 10.2 Å². The van der Waals surface area contributed by atoms with Crippen molar-refractivity contribution in [3.63, 3.8) is 0 Å². The van der Waals surface area contributed by atoms with Crippen molar-refractivity contribution in [3.05, 3.63) is 0 Å². The summed E-state index contributed by atoms with van der Waals surface area (Å²) in [5.74, 6) is 0. The van der Waals surface area contributed by atoms with Crippen LogP contribution in [0.1, 0.15) is 32.1 Å². The molecule has 0 aromatic rings. The minimum absolute atomic E-state index is 0.0253. The van der Waals surface area contributed by atoms with E-state index in [0.29, 0.717) is 0 Å². The van der Waals surface area contributed by atoms with E-state index in [1.54, 1.807) is 0 Å². The Hall–Kier alpha value is -0.160. The molecule has 0 amide bonds. The van der Waals surface area contributed by atoms with Gasteiger partial charge in [-0.15, -0.1) is 0 Å². The van der Waals surface area contributed by atoms with Gasteiger partial charge in [-0.05, 0) is 38.8 Å². The van der Waals surface area contributed by atoms with Crippen molar-refractivity contribution in [1.29, 1.82) is 0 Å². The summed E-state index contributed by atoms with van der Waals surface area (Å²) >= 11 is 0. The van der Waals surface area contributed by atoms with Crippen LogP contribution in [0.3, 0.4) is 0 Å². The van der Waals surface area contributed by atoms with Crippen LogP contribution >= 0.6 is 0 Å². The van der Waals surface area contributed by atoms with Crippen molar-refractivity contribution in [1.82, 2.24) is 10.2 Å². The Morgan fingerprint density at radius 1 is 1.24 bits per heavy atom. The van der Waals surface area contributed by atoms with Crippen LogP contribution in [0.25, 0.3) is 0 Å². The highest BCUT2D eigenvalue weighted by Gasteiger charge is 2.44. The number of ether oxygens (including phenoxy) is 1. The summed E-state index contributed by atoms with van der Waals surface area (Å²) in [5, 5.41) is 13.2. The fourth-order valence-corrected chi connectivity index (χ4v) is 3.65. The van der Waals surface area contributed by atoms with Gasteiger partial charge in [0, 0.05) is 32.2 Å². The second-order valence-corrected chi connectivity index (χ2v) is 5.88. The minimum atomic E-state index is -0.142. The van der Waals surface area contributed by atoms with Gasteiger partial charge in [0.15, 0.2) is 0 Å². The fraction of sp³-hybridized carbons (Fsp3) is 1.00. The lowest BCUT2D eigenvalue weighted by atomic mass is 9.91. The first-order valence-corrected chi connectivity index (χ1v) is 7.04. The molecular formula is C13H24N2O2. The molecule has 1 spiro atoms. The molecule has 0 bridgehead atoms. The van der Waals surface area contributed by atoms with Gasteiger partial charge in [-0.2, -0.15) is 0 Å². The molecule has 4 nitrogen and oxygen atoms in total. The van der Waals surface area contributed by atoms with Gasteiger partial charge < -0.3 is 15.2 Å². The standard InChI is InChI=1S/C13H24N2O2/c16-12-3-8-17-13(9-12)4-7-15(10-13)11-1-5-14-6-2-11/h11-12,14,16H,1-10H2/t12-,13-/m1/s1. The predicted octanol–water partition coefficient (Wildman–Crippen LogP) is 0.354. The van der Waals surface area contributed by atoms with Crippen LogP contribution in [0.4, 0.5) is 0 Å². The van der Waals surface area contributed by atoms with Gasteiger partial charge in [0.25, 0.3) is 0 Å². The van der Waals surface area contributed by atoms with Gasteiger partial charge in [0.05, 0.1) is 11.7 Å². The molecule has 0 aromatic carbocycles. The summed E-state index contributed by atoms with van der Waals surface area (Å²) in [4.78, 5) is 2.60. The van der Waals surface area contributed by atoms with Crippen molar-refractivity contribution in [3.8, 4) is 0 Å². The lowest BCUT2D eigenvalue weighted by Crippen LogP contribution is -2.47. The molecule has 3 rings (SSSR count). The molecule has 3 aliphatic heterocycles. The van der Waals surface area contributed by atoms with Gasteiger partial charge in [0.2, 0.25) is 0 Å². The topological polar surface area (TPSA) is 44.7 Å². The van der Waals surface area contributed by atoms with E-state index in [0.717, 1.165) is 58.1 Å². The quantitative estimate of drug-likeness (QED) is 0.694. The summed E-state index contributed by atoms with van der Waals surface area (Å²) in [7, 11) is 0. The summed E-state index contributed by atoms with van der Waals surface area (Å²) in [6, 6.07) is 0.735. The van der Waals surface area contributed by atoms with Crippen molar-refractivity contribution in [2.24, 2.45) is 0 Å². The maximum absolute atomic E-state index is 9.82. The highest BCUT2D eigenvalue weighted by molar-refractivity contribution is 4.98. The van der Waals surface area contributed by atoms with Crippen molar-refractivity contribution in [2.45, 2.75) is 49.9 Å². The minimum Gasteiger partial charge on any atom is -0.393 e. The molecular weight excluding hydrogens is 216 g/mol. The highest BCUT2D eigenvalue weighted by Crippen LogP contribution is 2.35. The number of aliphatic hydroxyl groups is 1. The number of rotatable bonds is 1. The Morgan fingerprint density at radius 3 is 2.82 bits per heavy atom. The van der Waals surface area contributed by atoms with E-state index in [9.17, 15) is 5.11 Å². The average molecular weight is 240 g/mol. The second kappa shape index (κ2) is 4.84. The summed E-state index contributed by atoms with van der Waals surface area (Å²) in [5.41, 5.74) is -0.0253. The van der Waals surface area contributed by atoms with Crippen LogP contribution in [0.15, 0.2) is 0 Å². The lowest BCUT2D eigenvalue weighted by Gasteiger charge is -2.38. The van der Waals surface area contributed by atoms with Crippen molar-refractivity contribution < 1.29 is 9.84 Å². The molecule has 0 aliphatic carbocycles. The van der Waals surface area contributed by atoms with Crippen molar-refractivity contribution in [2.75, 3.05) is 32.8 Å². The van der Waals surface area contributed by atoms with E-state index in [1.165, 1.54) is 12.8 Å².